The highest BCUT2D eigenvalue weighted by atomic mass is 32.2. The molecule has 0 amide bonds. The van der Waals surface area contributed by atoms with E-state index in [0.29, 0.717) is 5.75 Å². The molecule has 0 N–H and O–H groups in total. The molecular formula is C18H16O4S. The van der Waals surface area contributed by atoms with Crippen LogP contribution in [0.5, 0.6) is 11.5 Å². The number of benzene rings is 3. The van der Waals surface area contributed by atoms with E-state index in [1.165, 1.54) is 7.11 Å². The highest BCUT2D eigenvalue weighted by Gasteiger charge is 2.19. The summed E-state index contributed by atoms with van der Waals surface area (Å²) in [6.07, 6.45) is 0. The number of ether oxygens (including phenoxy) is 1. The molecule has 0 aliphatic heterocycles. The lowest BCUT2D eigenvalue weighted by molar-refractivity contribution is 0.390. The number of rotatable bonds is 4. The molecule has 0 radical (unpaired) electrons. The second-order valence-electron chi connectivity index (χ2n) is 5.20. The van der Waals surface area contributed by atoms with Gasteiger partial charge >= 0.3 is 10.1 Å². The molecule has 0 spiro atoms. The van der Waals surface area contributed by atoms with E-state index in [9.17, 15) is 8.42 Å². The van der Waals surface area contributed by atoms with Crippen LogP contribution < -0.4 is 8.92 Å². The lowest BCUT2D eigenvalue weighted by atomic mass is 10.1. The molecule has 4 nitrogen and oxygen atoms in total. The van der Waals surface area contributed by atoms with Crippen molar-refractivity contribution in [1.29, 1.82) is 0 Å². The lowest BCUT2D eigenvalue weighted by Crippen LogP contribution is -2.10. The van der Waals surface area contributed by atoms with Gasteiger partial charge < -0.3 is 8.92 Å². The Bertz CT molecular complexity index is 962. The number of aryl methyl sites for hydroxylation is 1. The standard InChI is InChI=1S/C18H16O4S/c1-13-7-10-17(18(11-13)21-2)22-23(19,20)16-9-8-14-5-3-4-6-15(14)12-16/h3-12H,1-2H3. The quantitative estimate of drug-likeness (QED) is 0.681. The molecule has 3 aromatic rings. The summed E-state index contributed by atoms with van der Waals surface area (Å²) in [6, 6.07) is 17.6. The van der Waals surface area contributed by atoms with Crippen LogP contribution in [0.25, 0.3) is 10.8 Å². The van der Waals surface area contributed by atoms with E-state index < -0.39 is 10.1 Å². The molecular weight excluding hydrogens is 312 g/mol. The third kappa shape index (κ3) is 3.14. The Morgan fingerprint density at radius 3 is 2.30 bits per heavy atom. The van der Waals surface area contributed by atoms with Crippen LogP contribution in [0.3, 0.4) is 0 Å². The van der Waals surface area contributed by atoms with Crippen molar-refractivity contribution in [2.45, 2.75) is 11.8 Å². The normalized spacial score (nSPS) is 11.4. The zero-order chi connectivity index (χ0) is 16.4. The van der Waals surface area contributed by atoms with Gasteiger partial charge in [0.05, 0.1) is 7.11 Å². The van der Waals surface area contributed by atoms with Gasteiger partial charge in [-0.25, -0.2) is 0 Å². The van der Waals surface area contributed by atoms with Crippen molar-refractivity contribution in [2.75, 3.05) is 7.11 Å². The van der Waals surface area contributed by atoms with Crippen molar-refractivity contribution in [3.05, 3.63) is 66.2 Å². The van der Waals surface area contributed by atoms with Gasteiger partial charge in [0, 0.05) is 0 Å². The van der Waals surface area contributed by atoms with Gasteiger partial charge in [-0.05, 0) is 47.5 Å². The summed E-state index contributed by atoms with van der Waals surface area (Å²) in [5.74, 6) is 0.556. The van der Waals surface area contributed by atoms with Crippen molar-refractivity contribution in [3.8, 4) is 11.5 Å². The number of fused-ring (bicyclic) bond motifs is 1. The van der Waals surface area contributed by atoms with Crippen LogP contribution in [0.15, 0.2) is 65.6 Å². The predicted molar refractivity (Wildman–Crippen MR) is 89.5 cm³/mol. The van der Waals surface area contributed by atoms with Gasteiger partial charge in [-0.1, -0.05) is 36.4 Å². The summed E-state index contributed by atoms with van der Waals surface area (Å²) in [6.45, 7) is 1.89. The summed E-state index contributed by atoms with van der Waals surface area (Å²) >= 11 is 0. The van der Waals surface area contributed by atoms with Crippen LogP contribution in [-0.4, -0.2) is 15.5 Å². The van der Waals surface area contributed by atoms with E-state index in [2.05, 4.69) is 0 Å². The molecule has 0 saturated carbocycles. The molecule has 0 saturated heterocycles. The topological polar surface area (TPSA) is 52.6 Å². The van der Waals surface area contributed by atoms with Crippen LogP contribution >= 0.6 is 0 Å². The Morgan fingerprint density at radius 2 is 1.57 bits per heavy atom. The third-order valence-corrected chi connectivity index (χ3v) is 4.76. The van der Waals surface area contributed by atoms with Crippen LogP contribution in [0.1, 0.15) is 5.56 Å². The van der Waals surface area contributed by atoms with Gasteiger partial charge in [-0.15, -0.1) is 0 Å². The molecule has 118 valence electrons. The SMILES string of the molecule is COc1cc(C)ccc1OS(=O)(=O)c1ccc2ccccc2c1. The van der Waals surface area contributed by atoms with Crippen molar-refractivity contribution in [3.63, 3.8) is 0 Å². The van der Waals surface area contributed by atoms with Gasteiger partial charge in [-0.3, -0.25) is 0 Å². The minimum absolute atomic E-state index is 0.110. The summed E-state index contributed by atoms with van der Waals surface area (Å²) < 4.78 is 35.5. The molecule has 0 aromatic heterocycles. The summed E-state index contributed by atoms with van der Waals surface area (Å²) in [7, 11) is -2.45. The van der Waals surface area contributed by atoms with Crippen LogP contribution in [-0.2, 0) is 10.1 Å². The minimum atomic E-state index is -3.93. The molecule has 5 heteroatoms. The maximum absolute atomic E-state index is 12.5. The Morgan fingerprint density at radius 1 is 0.826 bits per heavy atom. The van der Waals surface area contributed by atoms with Crippen molar-refractivity contribution < 1.29 is 17.3 Å². The monoisotopic (exact) mass is 328 g/mol. The highest BCUT2D eigenvalue weighted by molar-refractivity contribution is 7.87. The van der Waals surface area contributed by atoms with Crippen LogP contribution in [0.2, 0.25) is 0 Å². The van der Waals surface area contributed by atoms with E-state index >= 15 is 0 Å². The van der Waals surface area contributed by atoms with E-state index in [-0.39, 0.29) is 10.6 Å². The molecule has 3 aromatic carbocycles. The summed E-state index contributed by atoms with van der Waals surface area (Å²) in [4.78, 5) is 0.110. The average Bonchev–Trinajstić information content (AvgIpc) is 2.55. The fourth-order valence-electron chi connectivity index (χ4n) is 2.33. The molecule has 0 bridgehead atoms. The zero-order valence-corrected chi connectivity index (χ0v) is 13.6. The lowest BCUT2D eigenvalue weighted by Gasteiger charge is -2.11. The van der Waals surface area contributed by atoms with Crippen molar-refractivity contribution >= 4 is 20.9 Å². The Hall–Kier alpha value is -2.53. The predicted octanol–water partition coefficient (Wildman–Crippen LogP) is 3.92. The van der Waals surface area contributed by atoms with Gasteiger partial charge in [0.2, 0.25) is 0 Å². The number of hydrogen-bond acceptors (Lipinski definition) is 4. The van der Waals surface area contributed by atoms with E-state index in [1.807, 2.05) is 31.2 Å². The second-order valence-corrected chi connectivity index (χ2v) is 6.75. The maximum atomic E-state index is 12.5. The van der Waals surface area contributed by atoms with Gasteiger partial charge in [-0.2, -0.15) is 8.42 Å². The van der Waals surface area contributed by atoms with Crippen molar-refractivity contribution in [2.24, 2.45) is 0 Å². The minimum Gasteiger partial charge on any atom is -0.493 e. The molecule has 0 aliphatic rings. The fourth-order valence-corrected chi connectivity index (χ4v) is 3.31. The zero-order valence-electron chi connectivity index (χ0n) is 12.8. The second kappa shape index (κ2) is 5.93. The maximum Gasteiger partial charge on any atom is 0.339 e. The molecule has 0 atom stereocenters. The molecule has 0 aliphatic carbocycles. The van der Waals surface area contributed by atoms with E-state index in [1.54, 1.807) is 36.4 Å². The molecule has 0 unspecified atom stereocenters. The first-order valence-corrected chi connectivity index (χ1v) is 8.48. The Kier molecular flexibility index (Phi) is 3.96. The number of hydrogen-bond donors (Lipinski definition) is 0. The first-order chi connectivity index (χ1) is 11.0. The van der Waals surface area contributed by atoms with Gasteiger partial charge in [0.1, 0.15) is 4.90 Å². The largest absolute Gasteiger partial charge is 0.493 e. The average molecular weight is 328 g/mol. The van der Waals surface area contributed by atoms with Gasteiger partial charge in [0.15, 0.2) is 11.5 Å². The van der Waals surface area contributed by atoms with Crippen LogP contribution in [0.4, 0.5) is 0 Å². The third-order valence-electron chi connectivity index (χ3n) is 3.53. The van der Waals surface area contributed by atoms with Crippen molar-refractivity contribution in [1.82, 2.24) is 0 Å². The first kappa shape index (κ1) is 15.4. The Labute approximate surface area is 135 Å². The number of methoxy groups -OCH3 is 1. The summed E-state index contributed by atoms with van der Waals surface area (Å²) in [5.41, 5.74) is 0.956. The Balaban J connectivity index is 2.00. The molecule has 0 fully saturated rings. The van der Waals surface area contributed by atoms with Crippen LogP contribution in [0, 0.1) is 6.92 Å². The molecule has 3 rings (SSSR count). The molecule has 0 heterocycles. The van der Waals surface area contributed by atoms with E-state index in [0.717, 1.165) is 16.3 Å². The van der Waals surface area contributed by atoms with E-state index in [4.69, 9.17) is 8.92 Å². The summed E-state index contributed by atoms with van der Waals surface area (Å²) in [5, 5.41) is 1.81. The molecule has 23 heavy (non-hydrogen) atoms. The first-order valence-electron chi connectivity index (χ1n) is 7.07. The highest BCUT2D eigenvalue weighted by Crippen LogP contribution is 2.31. The fraction of sp³-hybridized carbons (Fsp3) is 0.111. The smallest absolute Gasteiger partial charge is 0.339 e. The van der Waals surface area contributed by atoms with Gasteiger partial charge in [0.25, 0.3) is 0 Å².